The summed E-state index contributed by atoms with van der Waals surface area (Å²) in [6.45, 7) is -0.0952. The van der Waals surface area contributed by atoms with Gasteiger partial charge in [-0.1, -0.05) is 0 Å². The van der Waals surface area contributed by atoms with Crippen molar-refractivity contribution in [2.45, 2.75) is 6.61 Å². The zero-order valence-electron chi connectivity index (χ0n) is 15.5. The summed E-state index contributed by atoms with van der Waals surface area (Å²) in [7, 11) is 4.54. The number of hydrogen-bond donors (Lipinski definition) is 0. The summed E-state index contributed by atoms with van der Waals surface area (Å²) in [6.07, 6.45) is 4.49. The quantitative estimate of drug-likeness (QED) is 0.443. The first-order valence-electron chi connectivity index (χ1n) is 8.16. The van der Waals surface area contributed by atoms with Crippen LogP contribution >= 0.6 is 11.3 Å². The highest BCUT2D eigenvalue weighted by molar-refractivity contribution is 7.15. The van der Waals surface area contributed by atoms with Crippen LogP contribution in [0.5, 0.6) is 17.2 Å². The molecule has 0 aliphatic rings. The Bertz CT molecular complexity index is 1060. The van der Waals surface area contributed by atoms with Crippen LogP contribution in [0.2, 0.25) is 0 Å². The van der Waals surface area contributed by atoms with E-state index >= 15 is 0 Å². The largest absolute Gasteiger partial charge is 0.493 e. The van der Waals surface area contributed by atoms with Gasteiger partial charge in [-0.15, -0.1) is 11.3 Å². The number of thiazole rings is 1. The maximum atomic E-state index is 12.0. The van der Waals surface area contributed by atoms with Gasteiger partial charge < -0.3 is 18.9 Å². The van der Waals surface area contributed by atoms with Gasteiger partial charge in [0.15, 0.2) is 16.5 Å². The predicted molar refractivity (Wildman–Crippen MR) is 104 cm³/mol. The molecule has 3 aromatic rings. The maximum Gasteiger partial charge on any atom is 0.331 e. The summed E-state index contributed by atoms with van der Waals surface area (Å²) in [5, 5.41) is 1.76. The molecule has 0 bridgehead atoms. The number of methoxy groups -OCH3 is 3. The summed E-state index contributed by atoms with van der Waals surface area (Å²) in [6, 6.07) is 4.76. The highest BCUT2D eigenvalue weighted by Gasteiger charge is 2.12. The Kier molecular flexibility index (Phi) is 5.95. The molecule has 0 unspecified atom stereocenters. The molecule has 0 amide bonds. The zero-order chi connectivity index (χ0) is 20.1. The first-order chi connectivity index (χ1) is 13.5. The molecule has 0 aliphatic heterocycles. The fourth-order valence-corrected chi connectivity index (χ4v) is 3.26. The molecule has 9 heteroatoms. The van der Waals surface area contributed by atoms with Crippen LogP contribution in [0.15, 0.2) is 40.6 Å². The number of carbonyl (C=O) groups excluding carboxylic acids is 1. The lowest BCUT2D eigenvalue weighted by atomic mass is 10.1. The topological polar surface area (TPSA) is 88.4 Å². The molecule has 0 radical (unpaired) electrons. The average molecular weight is 402 g/mol. The molecule has 3 rings (SSSR count). The molecular weight excluding hydrogens is 384 g/mol. The predicted octanol–water partition coefficient (Wildman–Crippen LogP) is 2.54. The number of benzene rings is 1. The number of fused-ring (bicyclic) bond motifs is 1. The van der Waals surface area contributed by atoms with Gasteiger partial charge in [-0.25, -0.2) is 9.78 Å². The summed E-state index contributed by atoms with van der Waals surface area (Å²) in [4.78, 5) is 28.8. The third-order valence-electron chi connectivity index (χ3n) is 3.82. The van der Waals surface area contributed by atoms with E-state index < -0.39 is 5.97 Å². The van der Waals surface area contributed by atoms with Crippen LogP contribution in [0.4, 0.5) is 0 Å². The number of hydrogen-bond acceptors (Lipinski definition) is 8. The van der Waals surface area contributed by atoms with E-state index in [2.05, 4.69) is 4.98 Å². The Labute approximate surface area is 164 Å². The van der Waals surface area contributed by atoms with Crippen LogP contribution in [-0.2, 0) is 16.1 Å². The van der Waals surface area contributed by atoms with Gasteiger partial charge in [-0.05, 0) is 23.8 Å². The maximum absolute atomic E-state index is 12.0. The van der Waals surface area contributed by atoms with E-state index in [1.165, 1.54) is 49.2 Å². The van der Waals surface area contributed by atoms with Crippen molar-refractivity contribution < 1.29 is 23.7 Å². The van der Waals surface area contributed by atoms with Gasteiger partial charge in [0.1, 0.15) is 6.61 Å². The molecule has 8 nitrogen and oxygen atoms in total. The highest BCUT2D eigenvalue weighted by atomic mass is 32.1. The third kappa shape index (κ3) is 4.15. The van der Waals surface area contributed by atoms with Crippen LogP contribution in [-0.4, -0.2) is 36.7 Å². The lowest BCUT2D eigenvalue weighted by Gasteiger charge is -2.12. The van der Waals surface area contributed by atoms with Crippen molar-refractivity contribution in [3.63, 3.8) is 0 Å². The van der Waals surface area contributed by atoms with E-state index in [1.54, 1.807) is 29.8 Å². The van der Waals surface area contributed by atoms with Gasteiger partial charge in [0.25, 0.3) is 5.56 Å². The Balaban J connectivity index is 1.70. The molecule has 2 heterocycles. The zero-order valence-corrected chi connectivity index (χ0v) is 16.3. The molecule has 0 fully saturated rings. The van der Waals surface area contributed by atoms with Crippen LogP contribution < -0.4 is 19.8 Å². The van der Waals surface area contributed by atoms with E-state index in [0.29, 0.717) is 33.5 Å². The molecule has 0 saturated heterocycles. The van der Waals surface area contributed by atoms with Gasteiger partial charge in [-0.2, -0.15) is 0 Å². The molecule has 146 valence electrons. The third-order valence-corrected chi connectivity index (χ3v) is 4.57. The molecular formula is C19H18N2O6S. The second kappa shape index (κ2) is 8.57. The lowest BCUT2D eigenvalue weighted by molar-refractivity contribution is -0.139. The van der Waals surface area contributed by atoms with Crippen molar-refractivity contribution in [3.05, 3.63) is 57.5 Å². The molecule has 1 aromatic carbocycles. The van der Waals surface area contributed by atoms with E-state index in [-0.39, 0.29) is 12.2 Å². The van der Waals surface area contributed by atoms with Crippen molar-refractivity contribution in [1.82, 2.24) is 9.38 Å². The second-order valence-corrected chi connectivity index (χ2v) is 6.41. The number of rotatable bonds is 7. The molecule has 28 heavy (non-hydrogen) atoms. The van der Waals surface area contributed by atoms with Crippen LogP contribution in [0.1, 0.15) is 11.3 Å². The van der Waals surface area contributed by atoms with Gasteiger partial charge in [0, 0.05) is 23.7 Å². The average Bonchev–Trinajstić information content (AvgIpc) is 3.19. The smallest absolute Gasteiger partial charge is 0.331 e. The summed E-state index contributed by atoms with van der Waals surface area (Å²) < 4.78 is 22.4. The van der Waals surface area contributed by atoms with E-state index in [0.717, 1.165) is 0 Å². The summed E-state index contributed by atoms with van der Waals surface area (Å²) in [5.41, 5.74) is 0.843. The Morgan fingerprint density at radius 2 is 1.86 bits per heavy atom. The summed E-state index contributed by atoms with van der Waals surface area (Å²) in [5.74, 6) is 0.848. The molecule has 2 aromatic heterocycles. The monoisotopic (exact) mass is 402 g/mol. The van der Waals surface area contributed by atoms with E-state index in [1.807, 2.05) is 0 Å². The molecule has 0 spiro atoms. The van der Waals surface area contributed by atoms with E-state index in [9.17, 15) is 9.59 Å². The van der Waals surface area contributed by atoms with Crippen molar-refractivity contribution in [2.24, 2.45) is 0 Å². The fourth-order valence-electron chi connectivity index (χ4n) is 2.52. The number of nitrogens with zero attached hydrogens (tertiary/aromatic N) is 2. The summed E-state index contributed by atoms with van der Waals surface area (Å²) >= 11 is 1.33. The number of carbonyl (C=O) groups is 1. The van der Waals surface area contributed by atoms with Gasteiger partial charge in [0.2, 0.25) is 5.75 Å². The Morgan fingerprint density at radius 3 is 2.50 bits per heavy atom. The first-order valence-corrected chi connectivity index (χ1v) is 9.04. The van der Waals surface area contributed by atoms with Gasteiger partial charge in [0.05, 0.1) is 27.0 Å². The molecule has 0 atom stereocenters. The second-order valence-electron chi connectivity index (χ2n) is 5.54. The first kappa shape index (κ1) is 19.4. The van der Waals surface area contributed by atoms with Gasteiger partial charge in [-0.3, -0.25) is 9.20 Å². The SMILES string of the molecule is COc1cc(C=CC(=O)OCc2cc(=O)n3ccsc3n2)cc(OC)c1OC. The molecule has 0 N–H and O–H groups in total. The molecule has 0 saturated carbocycles. The van der Waals surface area contributed by atoms with E-state index in [4.69, 9.17) is 18.9 Å². The van der Waals surface area contributed by atoms with Crippen LogP contribution in [0, 0.1) is 0 Å². The molecule has 0 aliphatic carbocycles. The highest BCUT2D eigenvalue weighted by Crippen LogP contribution is 2.38. The minimum atomic E-state index is -0.568. The van der Waals surface area contributed by atoms with Crippen molar-refractivity contribution in [1.29, 1.82) is 0 Å². The normalized spacial score (nSPS) is 11.0. The number of ether oxygens (including phenoxy) is 4. The minimum absolute atomic E-state index is 0.0952. The van der Waals surface area contributed by atoms with Crippen molar-refractivity contribution >= 4 is 28.3 Å². The number of esters is 1. The standard InChI is InChI=1S/C19H18N2O6S/c1-24-14-8-12(9-15(25-2)18(14)26-3)4-5-17(23)27-11-13-10-16(22)21-6-7-28-19(21)20-13/h4-10H,11H2,1-3H3. The van der Waals surface area contributed by atoms with Crippen LogP contribution in [0.25, 0.3) is 11.0 Å². The lowest BCUT2D eigenvalue weighted by Crippen LogP contribution is -2.14. The Hall–Kier alpha value is -3.33. The Morgan fingerprint density at radius 1 is 1.14 bits per heavy atom. The van der Waals surface area contributed by atoms with Crippen molar-refractivity contribution in [3.8, 4) is 17.2 Å². The van der Waals surface area contributed by atoms with Crippen LogP contribution in [0.3, 0.4) is 0 Å². The van der Waals surface area contributed by atoms with Gasteiger partial charge >= 0.3 is 5.97 Å². The minimum Gasteiger partial charge on any atom is -0.493 e. The number of aromatic nitrogens is 2. The fraction of sp³-hybridized carbons (Fsp3) is 0.211. The van der Waals surface area contributed by atoms with Crippen molar-refractivity contribution in [2.75, 3.05) is 21.3 Å².